The number of carbonyl (C=O) groups excluding carboxylic acids is 2. The van der Waals surface area contributed by atoms with E-state index in [2.05, 4.69) is 21.2 Å². The summed E-state index contributed by atoms with van der Waals surface area (Å²) in [5.74, 6) is -1.13. The Kier molecular flexibility index (Phi) is 6.63. The average Bonchev–Trinajstić information content (AvgIpc) is 2.96. The van der Waals surface area contributed by atoms with Crippen LogP contribution in [0.3, 0.4) is 0 Å². The molecule has 10 heteroatoms. The van der Waals surface area contributed by atoms with Gasteiger partial charge >= 0.3 is 12.0 Å². The summed E-state index contributed by atoms with van der Waals surface area (Å²) in [7, 11) is 0. The molecule has 1 fully saturated rings. The molecule has 0 atom stereocenters. The van der Waals surface area contributed by atoms with E-state index in [1.165, 1.54) is 18.2 Å². The van der Waals surface area contributed by atoms with Crippen LogP contribution >= 0.6 is 27.5 Å². The summed E-state index contributed by atoms with van der Waals surface area (Å²) < 4.78 is 11.3. The monoisotopic (exact) mass is 494 g/mol. The molecule has 0 aromatic heterocycles. The van der Waals surface area contributed by atoms with Crippen molar-refractivity contribution in [3.8, 4) is 11.5 Å². The predicted molar refractivity (Wildman–Crippen MR) is 114 cm³/mol. The lowest BCUT2D eigenvalue weighted by Gasteiger charge is -2.13. The minimum Gasteiger partial charge on any atom is -0.490 e. The maximum Gasteiger partial charge on any atom is 0.341 e. The molecular formula is C20H16BrClN2O6. The van der Waals surface area contributed by atoms with Crippen LogP contribution in [-0.2, 0) is 9.59 Å². The molecule has 0 radical (unpaired) electrons. The van der Waals surface area contributed by atoms with Crippen molar-refractivity contribution in [1.29, 1.82) is 0 Å². The lowest BCUT2D eigenvalue weighted by molar-refractivity contribution is -0.139. The number of hydrogen-bond donors (Lipinski definition) is 2. The third-order valence-electron chi connectivity index (χ3n) is 3.96. The van der Waals surface area contributed by atoms with Crippen LogP contribution in [-0.4, -0.2) is 36.2 Å². The zero-order valence-corrected chi connectivity index (χ0v) is 18.0. The van der Waals surface area contributed by atoms with Crippen molar-refractivity contribution in [1.82, 2.24) is 5.32 Å². The number of nitrogens with one attached hydrogen (secondary N) is 1. The van der Waals surface area contributed by atoms with Gasteiger partial charge in [0.05, 0.1) is 12.3 Å². The summed E-state index contributed by atoms with van der Waals surface area (Å²) in [5.41, 5.74) is 0.930. The van der Waals surface area contributed by atoms with Gasteiger partial charge < -0.3 is 19.9 Å². The van der Waals surface area contributed by atoms with Gasteiger partial charge in [-0.2, -0.15) is 0 Å². The van der Waals surface area contributed by atoms with E-state index in [0.29, 0.717) is 33.1 Å². The van der Waals surface area contributed by atoms with Crippen molar-refractivity contribution in [3.63, 3.8) is 0 Å². The quantitative estimate of drug-likeness (QED) is 0.443. The number of carbonyl (C=O) groups is 3. The summed E-state index contributed by atoms with van der Waals surface area (Å²) in [5, 5.41) is 11.8. The third-order valence-corrected chi connectivity index (χ3v) is 4.88. The molecule has 2 aromatic carbocycles. The first-order chi connectivity index (χ1) is 14.3. The Morgan fingerprint density at radius 3 is 2.63 bits per heavy atom. The van der Waals surface area contributed by atoms with E-state index in [0.717, 1.165) is 4.90 Å². The molecule has 1 heterocycles. The molecule has 8 nitrogen and oxygen atoms in total. The van der Waals surface area contributed by atoms with Gasteiger partial charge in [0, 0.05) is 9.50 Å². The highest BCUT2D eigenvalue weighted by Crippen LogP contribution is 2.35. The number of urea groups is 1. The molecule has 0 saturated carbocycles. The molecule has 3 amide bonds. The Hall–Kier alpha value is -3.04. The highest BCUT2D eigenvalue weighted by molar-refractivity contribution is 9.10. The van der Waals surface area contributed by atoms with Crippen LogP contribution in [0, 0.1) is 0 Å². The molecule has 2 N–H and O–H groups in total. The van der Waals surface area contributed by atoms with E-state index in [1.807, 2.05) is 0 Å². The number of carboxylic acid groups (broad SMARTS) is 1. The number of halogens is 2. The fourth-order valence-electron chi connectivity index (χ4n) is 2.72. The van der Waals surface area contributed by atoms with Crippen molar-refractivity contribution in [2.45, 2.75) is 6.92 Å². The van der Waals surface area contributed by atoms with Crippen LogP contribution in [0.15, 0.2) is 46.6 Å². The van der Waals surface area contributed by atoms with Gasteiger partial charge in [-0.3, -0.25) is 4.79 Å². The number of carboxylic acids is 1. The lowest BCUT2D eigenvalue weighted by atomic mass is 10.1. The van der Waals surface area contributed by atoms with Crippen molar-refractivity contribution in [2.24, 2.45) is 0 Å². The van der Waals surface area contributed by atoms with Crippen molar-refractivity contribution in [2.75, 3.05) is 18.1 Å². The normalized spacial score (nSPS) is 14.8. The lowest BCUT2D eigenvalue weighted by Crippen LogP contribution is -2.30. The van der Waals surface area contributed by atoms with Crippen LogP contribution in [0.1, 0.15) is 12.5 Å². The molecule has 2 aromatic rings. The van der Waals surface area contributed by atoms with E-state index in [4.69, 9.17) is 26.2 Å². The number of anilines is 1. The van der Waals surface area contributed by atoms with Gasteiger partial charge in [0.15, 0.2) is 18.1 Å². The zero-order chi connectivity index (χ0) is 21.8. The second-order valence-electron chi connectivity index (χ2n) is 6.04. The first-order valence-corrected chi connectivity index (χ1v) is 9.91. The third kappa shape index (κ3) is 4.74. The van der Waals surface area contributed by atoms with E-state index < -0.39 is 24.5 Å². The number of ether oxygens (including phenoxy) is 2. The van der Waals surface area contributed by atoms with E-state index in [1.54, 1.807) is 31.2 Å². The number of aliphatic carboxylic acids is 1. The Bertz CT molecular complexity index is 1060. The molecule has 1 aliphatic heterocycles. The fourth-order valence-corrected chi connectivity index (χ4v) is 3.34. The fraction of sp³-hybridized carbons (Fsp3) is 0.150. The number of nitrogens with zero attached hydrogens (tertiary/aromatic N) is 1. The van der Waals surface area contributed by atoms with Gasteiger partial charge in [0.25, 0.3) is 5.91 Å². The number of hydrogen-bond acceptors (Lipinski definition) is 5. The van der Waals surface area contributed by atoms with Gasteiger partial charge in [-0.15, -0.1) is 0 Å². The van der Waals surface area contributed by atoms with Gasteiger partial charge in [-0.1, -0.05) is 33.6 Å². The number of benzene rings is 2. The molecule has 0 spiro atoms. The van der Waals surface area contributed by atoms with Crippen molar-refractivity contribution >= 4 is 57.2 Å². The molecule has 0 aliphatic carbocycles. The molecule has 0 bridgehead atoms. The molecule has 1 saturated heterocycles. The average molecular weight is 496 g/mol. The summed E-state index contributed by atoms with van der Waals surface area (Å²) in [6.07, 6.45) is 1.48. The maximum atomic E-state index is 12.8. The smallest absolute Gasteiger partial charge is 0.341 e. The maximum absolute atomic E-state index is 12.8. The first kappa shape index (κ1) is 21.7. The molecule has 0 unspecified atom stereocenters. The van der Waals surface area contributed by atoms with Crippen LogP contribution in [0.4, 0.5) is 10.5 Å². The minimum atomic E-state index is -1.12. The largest absolute Gasteiger partial charge is 0.490 e. The Morgan fingerprint density at radius 1 is 1.23 bits per heavy atom. The summed E-state index contributed by atoms with van der Waals surface area (Å²) in [6.45, 7) is 1.56. The second-order valence-corrected chi connectivity index (χ2v) is 7.34. The molecule has 3 rings (SSSR count). The number of imide groups is 1. The van der Waals surface area contributed by atoms with Crippen molar-refractivity contribution in [3.05, 3.63) is 57.2 Å². The summed E-state index contributed by atoms with van der Waals surface area (Å²) in [4.78, 5) is 36.9. The van der Waals surface area contributed by atoms with Crippen LogP contribution in [0.25, 0.3) is 6.08 Å². The highest BCUT2D eigenvalue weighted by atomic mass is 79.9. The molecule has 30 heavy (non-hydrogen) atoms. The van der Waals surface area contributed by atoms with Gasteiger partial charge in [0.2, 0.25) is 0 Å². The standard InChI is InChI=1S/C20H16BrClN2O6/c1-2-29-16-7-11(14(21)9-17(16)30-10-18(25)26)6-15-19(27)24(20(28)23-15)13-5-3-4-12(22)8-13/h3-9H,2,10H2,1H3,(H,23,28)(H,25,26)/b15-6-. The van der Waals surface area contributed by atoms with Crippen LogP contribution in [0.5, 0.6) is 11.5 Å². The Balaban J connectivity index is 1.94. The zero-order valence-electron chi connectivity index (χ0n) is 15.6. The van der Waals surface area contributed by atoms with Gasteiger partial charge in [0.1, 0.15) is 5.70 Å². The van der Waals surface area contributed by atoms with Gasteiger partial charge in [-0.05, 0) is 48.9 Å². The predicted octanol–water partition coefficient (Wildman–Crippen LogP) is 4.06. The SMILES string of the molecule is CCOc1cc(/C=C2\NC(=O)N(c3cccc(Cl)c3)C2=O)c(Br)cc1OCC(=O)O. The van der Waals surface area contributed by atoms with Gasteiger partial charge in [-0.25, -0.2) is 14.5 Å². The van der Waals surface area contributed by atoms with E-state index in [-0.39, 0.29) is 11.4 Å². The Labute approximate surface area is 185 Å². The summed E-state index contributed by atoms with van der Waals surface area (Å²) >= 11 is 9.33. The van der Waals surface area contributed by atoms with Crippen molar-refractivity contribution < 1.29 is 29.0 Å². The van der Waals surface area contributed by atoms with Crippen LogP contribution < -0.4 is 19.7 Å². The highest BCUT2D eigenvalue weighted by Gasteiger charge is 2.35. The minimum absolute atomic E-state index is 0.0577. The topological polar surface area (TPSA) is 105 Å². The number of amides is 3. The number of rotatable bonds is 7. The Morgan fingerprint density at radius 2 is 1.97 bits per heavy atom. The first-order valence-electron chi connectivity index (χ1n) is 8.73. The molecule has 156 valence electrons. The second kappa shape index (κ2) is 9.19. The van der Waals surface area contributed by atoms with E-state index >= 15 is 0 Å². The van der Waals surface area contributed by atoms with E-state index in [9.17, 15) is 14.4 Å². The summed E-state index contributed by atoms with van der Waals surface area (Å²) in [6, 6.07) is 8.91. The van der Waals surface area contributed by atoms with Crippen LogP contribution in [0.2, 0.25) is 5.02 Å². The molecule has 1 aliphatic rings. The molecular weight excluding hydrogens is 480 g/mol.